The molecule has 0 spiro atoms. The van der Waals surface area contributed by atoms with Gasteiger partial charge in [-0.05, 0) is 41.9 Å². The van der Waals surface area contributed by atoms with Gasteiger partial charge in [-0.15, -0.1) is 0 Å². The van der Waals surface area contributed by atoms with Crippen molar-refractivity contribution in [1.29, 1.82) is 0 Å². The Bertz CT molecular complexity index is 729. The van der Waals surface area contributed by atoms with Crippen LogP contribution in [0.1, 0.15) is 54.6 Å². The lowest BCUT2D eigenvalue weighted by Crippen LogP contribution is -2.29. The summed E-state index contributed by atoms with van der Waals surface area (Å²) >= 11 is 5.88. The molecule has 2 aromatic rings. The van der Waals surface area contributed by atoms with E-state index in [1.54, 1.807) is 0 Å². The van der Waals surface area contributed by atoms with Crippen LogP contribution in [-0.2, 0) is 19.4 Å². The number of halogens is 1. The Hall–Kier alpha value is -1.81. The first-order valence-corrected chi connectivity index (χ1v) is 8.72. The van der Waals surface area contributed by atoms with E-state index in [0.29, 0.717) is 23.2 Å². The molecular weight excluding hydrogens is 324 g/mol. The fraction of sp³-hybridized carbons (Fsp3) is 0.474. The summed E-state index contributed by atoms with van der Waals surface area (Å²) in [5.41, 5.74) is 2.63. The van der Waals surface area contributed by atoms with Crippen molar-refractivity contribution in [3.8, 4) is 0 Å². The maximum absolute atomic E-state index is 12.5. The van der Waals surface area contributed by atoms with Crippen molar-refractivity contribution in [2.45, 2.75) is 46.6 Å². The van der Waals surface area contributed by atoms with Crippen LogP contribution in [0, 0.1) is 11.3 Å². The Balaban J connectivity index is 1.70. The van der Waals surface area contributed by atoms with E-state index in [-0.39, 0.29) is 11.3 Å². The maximum atomic E-state index is 12.5. The first-order chi connectivity index (χ1) is 11.3. The minimum atomic E-state index is -0.176. The number of hydrogen-bond acceptors (Lipinski definition) is 3. The maximum Gasteiger partial charge on any atom is 0.274 e. The van der Waals surface area contributed by atoms with Crippen molar-refractivity contribution in [3.63, 3.8) is 0 Å². The van der Waals surface area contributed by atoms with Crippen LogP contribution in [0.3, 0.4) is 0 Å². The van der Waals surface area contributed by atoms with Crippen molar-refractivity contribution < 1.29 is 9.32 Å². The molecule has 1 heterocycles. The largest absolute Gasteiger partial charge is 0.360 e. The topological polar surface area (TPSA) is 55.1 Å². The molecule has 0 bridgehead atoms. The molecule has 5 heteroatoms. The van der Waals surface area contributed by atoms with Gasteiger partial charge in [-0.25, -0.2) is 0 Å². The molecule has 0 fully saturated rings. The summed E-state index contributed by atoms with van der Waals surface area (Å²) in [6.45, 7) is 7.18. The molecule has 0 aliphatic heterocycles. The van der Waals surface area contributed by atoms with E-state index in [9.17, 15) is 4.79 Å². The number of hydrogen-bond donors (Lipinski definition) is 1. The molecule has 1 aromatic heterocycles. The first kappa shape index (κ1) is 17.0. The summed E-state index contributed by atoms with van der Waals surface area (Å²) in [4.78, 5) is 12.5. The lowest BCUT2D eigenvalue weighted by atomic mass is 9.71. The Morgan fingerprint density at radius 2 is 2.04 bits per heavy atom. The van der Waals surface area contributed by atoms with Crippen molar-refractivity contribution in [2.24, 2.45) is 11.3 Å². The molecule has 1 aromatic carbocycles. The molecule has 1 N–H and O–H groups in total. The molecule has 24 heavy (non-hydrogen) atoms. The zero-order chi connectivity index (χ0) is 17.3. The fourth-order valence-electron chi connectivity index (χ4n) is 3.19. The van der Waals surface area contributed by atoms with E-state index >= 15 is 0 Å². The second-order valence-electron chi connectivity index (χ2n) is 7.55. The molecular formula is C19H23ClN2O2. The molecule has 0 saturated heterocycles. The van der Waals surface area contributed by atoms with Gasteiger partial charge < -0.3 is 9.84 Å². The van der Waals surface area contributed by atoms with Crippen LogP contribution in [-0.4, -0.2) is 11.1 Å². The average molecular weight is 347 g/mol. The predicted octanol–water partition coefficient (Wildman–Crippen LogP) is 4.41. The van der Waals surface area contributed by atoms with E-state index in [1.807, 2.05) is 24.3 Å². The highest BCUT2D eigenvalue weighted by molar-refractivity contribution is 6.30. The van der Waals surface area contributed by atoms with Crippen LogP contribution in [0.4, 0.5) is 0 Å². The summed E-state index contributed by atoms with van der Waals surface area (Å²) in [5, 5.41) is 7.64. The number of benzene rings is 1. The third-order valence-electron chi connectivity index (χ3n) is 4.85. The van der Waals surface area contributed by atoms with Crippen LogP contribution in [0.15, 0.2) is 28.8 Å². The van der Waals surface area contributed by atoms with Gasteiger partial charge in [-0.3, -0.25) is 4.79 Å². The zero-order valence-corrected chi connectivity index (χ0v) is 15.1. The lowest BCUT2D eigenvalue weighted by molar-refractivity contribution is 0.0940. The summed E-state index contributed by atoms with van der Waals surface area (Å²) in [7, 11) is 0. The second-order valence-corrected chi connectivity index (χ2v) is 7.98. The quantitative estimate of drug-likeness (QED) is 0.895. The number of carbonyl (C=O) groups is 1. The Kier molecular flexibility index (Phi) is 4.68. The van der Waals surface area contributed by atoms with Crippen LogP contribution < -0.4 is 5.32 Å². The minimum Gasteiger partial charge on any atom is -0.360 e. The van der Waals surface area contributed by atoms with Gasteiger partial charge >= 0.3 is 0 Å². The van der Waals surface area contributed by atoms with E-state index < -0.39 is 0 Å². The number of fused-ring (bicyclic) bond motifs is 1. The fourth-order valence-corrected chi connectivity index (χ4v) is 3.32. The number of aromatic nitrogens is 1. The molecule has 1 atom stereocenters. The SMILES string of the molecule is CC(C)(C)[C@H]1CCc2onc(C(=O)NCc3ccc(Cl)cc3)c2C1. The number of amides is 1. The van der Waals surface area contributed by atoms with Crippen molar-refractivity contribution in [1.82, 2.24) is 10.5 Å². The normalized spacial score (nSPS) is 17.4. The number of carbonyl (C=O) groups excluding carboxylic acids is 1. The van der Waals surface area contributed by atoms with Gasteiger partial charge in [0, 0.05) is 23.6 Å². The number of aryl methyl sites for hydroxylation is 1. The van der Waals surface area contributed by atoms with Gasteiger partial charge in [0.1, 0.15) is 5.76 Å². The van der Waals surface area contributed by atoms with E-state index in [2.05, 4.69) is 31.2 Å². The molecule has 1 amide bonds. The third-order valence-corrected chi connectivity index (χ3v) is 5.10. The number of nitrogens with one attached hydrogen (secondary N) is 1. The van der Waals surface area contributed by atoms with E-state index in [0.717, 1.165) is 36.1 Å². The molecule has 4 nitrogen and oxygen atoms in total. The summed E-state index contributed by atoms with van der Waals surface area (Å²) in [6.07, 6.45) is 2.79. The molecule has 1 aliphatic carbocycles. The van der Waals surface area contributed by atoms with Crippen molar-refractivity contribution >= 4 is 17.5 Å². The standard InChI is InChI=1S/C19H23ClN2O2/c1-19(2,3)13-6-9-16-15(10-13)17(22-24-16)18(23)21-11-12-4-7-14(20)8-5-12/h4-5,7-8,13H,6,9-11H2,1-3H3,(H,21,23)/t13-/m0/s1. The van der Waals surface area contributed by atoms with Crippen molar-refractivity contribution in [3.05, 3.63) is 51.9 Å². The highest BCUT2D eigenvalue weighted by Gasteiger charge is 2.34. The lowest BCUT2D eigenvalue weighted by Gasteiger charge is -2.33. The third kappa shape index (κ3) is 3.64. The molecule has 0 radical (unpaired) electrons. The Morgan fingerprint density at radius 3 is 2.71 bits per heavy atom. The van der Waals surface area contributed by atoms with E-state index in [1.165, 1.54) is 0 Å². The highest BCUT2D eigenvalue weighted by atomic mass is 35.5. The van der Waals surface area contributed by atoms with Crippen LogP contribution >= 0.6 is 11.6 Å². The van der Waals surface area contributed by atoms with Crippen molar-refractivity contribution in [2.75, 3.05) is 0 Å². The molecule has 0 unspecified atom stereocenters. The molecule has 1 aliphatic rings. The summed E-state index contributed by atoms with van der Waals surface area (Å²) in [6, 6.07) is 7.43. The van der Waals surface area contributed by atoms with Gasteiger partial charge in [0.2, 0.25) is 0 Å². The summed E-state index contributed by atoms with van der Waals surface area (Å²) in [5.74, 6) is 1.23. The Labute approximate surface area is 147 Å². The molecule has 128 valence electrons. The molecule has 0 saturated carbocycles. The minimum absolute atomic E-state index is 0.176. The monoisotopic (exact) mass is 346 g/mol. The Morgan fingerprint density at radius 1 is 1.33 bits per heavy atom. The van der Waals surface area contributed by atoms with E-state index in [4.69, 9.17) is 16.1 Å². The second kappa shape index (κ2) is 6.60. The van der Waals surface area contributed by atoms with Gasteiger partial charge in [-0.2, -0.15) is 0 Å². The smallest absolute Gasteiger partial charge is 0.274 e. The van der Waals surface area contributed by atoms with Gasteiger partial charge in [0.25, 0.3) is 5.91 Å². The van der Waals surface area contributed by atoms with Crippen LogP contribution in [0.5, 0.6) is 0 Å². The van der Waals surface area contributed by atoms with Crippen LogP contribution in [0.2, 0.25) is 5.02 Å². The first-order valence-electron chi connectivity index (χ1n) is 8.34. The number of nitrogens with zero attached hydrogens (tertiary/aromatic N) is 1. The highest BCUT2D eigenvalue weighted by Crippen LogP contribution is 2.38. The van der Waals surface area contributed by atoms with Crippen LogP contribution in [0.25, 0.3) is 0 Å². The predicted molar refractivity (Wildman–Crippen MR) is 94.1 cm³/mol. The molecule has 3 rings (SSSR count). The zero-order valence-electron chi connectivity index (χ0n) is 14.4. The number of rotatable bonds is 3. The van der Waals surface area contributed by atoms with Gasteiger partial charge in [-0.1, -0.05) is 49.7 Å². The van der Waals surface area contributed by atoms with Gasteiger partial charge in [0.05, 0.1) is 0 Å². The van der Waals surface area contributed by atoms with Gasteiger partial charge in [0.15, 0.2) is 5.69 Å². The average Bonchev–Trinajstić information content (AvgIpc) is 2.96. The summed E-state index contributed by atoms with van der Waals surface area (Å²) < 4.78 is 5.41.